The molecule has 4 saturated carbocycles. The molecular formula is C23H34O3. The molecule has 4 aliphatic carbocycles. The van der Waals surface area contributed by atoms with Gasteiger partial charge in [-0.3, -0.25) is 4.79 Å². The van der Waals surface area contributed by atoms with Crippen molar-refractivity contribution in [2.75, 3.05) is 0 Å². The Bertz CT molecular complexity index is 666. The van der Waals surface area contributed by atoms with E-state index in [2.05, 4.69) is 34.3 Å². The number of allylic oxidation sites excluding steroid dienone is 1. The number of rotatable bonds is 0. The Morgan fingerprint density at radius 2 is 1.65 bits per heavy atom. The first-order chi connectivity index (χ1) is 12.2. The second kappa shape index (κ2) is 5.23. The lowest BCUT2D eigenvalue weighted by Crippen LogP contribution is -2.62. The van der Waals surface area contributed by atoms with Crippen LogP contribution in [0.5, 0.6) is 0 Å². The normalized spacial score (nSPS) is 55.1. The predicted octanol–water partition coefficient (Wildman–Crippen LogP) is 4.89. The Morgan fingerprint density at radius 1 is 0.923 bits per heavy atom. The maximum Gasteiger partial charge on any atom is 0.163 e. The number of carbonyl (C=O) groups excluding carboxylic acids is 1. The van der Waals surface area contributed by atoms with E-state index < -0.39 is 5.79 Å². The van der Waals surface area contributed by atoms with E-state index in [0.717, 1.165) is 12.8 Å². The van der Waals surface area contributed by atoms with Crippen LogP contribution in [0, 0.1) is 34.5 Å². The first kappa shape index (κ1) is 17.4. The molecule has 0 bridgehead atoms. The summed E-state index contributed by atoms with van der Waals surface area (Å²) in [6.07, 6.45) is 7.65. The molecule has 0 spiro atoms. The molecule has 5 rings (SSSR count). The Morgan fingerprint density at radius 3 is 2.42 bits per heavy atom. The first-order valence-electron chi connectivity index (χ1n) is 10.7. The van der Waals surface area contributed by atoms with E-state index >= 15 is 0 Å². The van der Waals surface area contributed by atoms with Crippen LogP contribution in [0.25, 0.3) is 0 Å². The topological polar surface area (TPSA) is 35.5 Å². The second-order valence-electron chi connectivity index (χ2n) is 10.8. The van der Waals surface area contributed by atoms with Crippen molar-refractivity contribution < 1.29 is 14.3 Å². The van der Waals surface area contributed by atoms with Gasteiger partial charge in [0.1, 0.15) is 5.78 Å². The van der Waals surface area contributed by atoms with Crippen LogP contribution in [0.1, 0.15) is 72.6 Å². The number of ether oxygens (including phenoxy) is 2. The van der Waals surface area contributed by atoms with Gasteiger partial charge in [0.2, 0.25) is 0 Å². The summed E-state index contributed by atoms with van der Waals surface area (Å²) in [7, 11) is 0. The van der Waals surface area contributed by atoms with Gasteiger partial charge in [0.05, 0.1) is 12.2 Å². The second-order valence-corrected chi connectivity index (χ2v) is 10.8. The molecule has 0 amide bonds. The summed E-state index contributed by atoms with van der Waals surface area (Å²) in [5.74, 6) is 2.08. The van der Waals surface area contributed by atoms with Crippen LogP contribution in [-0.2, 0) is 14.3 Å². The molecule has 8 atom stereocenters. The van der Waals surface area contributed by atoms with Crippen molar-refractivity contribution >= 4 is 5.78 Å². The average Bonchev–Trinajstić information content (AvgIpc) is 3.05. The third-order valence-electron chi connectivity index (χ3n) is 9.31. The summed E-state index contributed by atoms with van der Waals surface area (Å²) in [6.45, 7) is 13.5. The summed E-state index contributed by atoms with van der Waals surface area (Å²) in [4.78, 5) is 12.3. The van der Waals surface area contributed by atoms with Crippen LogP contribution >= 0.6 is 0 Å². The molecule has 26 heavy (non-hydrogen) atoms. The van der Waals surface area contributed by atoms with Gasteiger partial charge in [0.15, 0.2) is 5.79 Å². The minimum atomic E-state index is -0.533. The maximum atomic E-state index is 12.3. The zero-order valence-corrected chi connectivity index (χ0v) is 16.8. The number of hydrogen-bond donors (Lipinski definition) is 0. The molecule has 3 nitrogen and oxygen atoms in total. The van der Waals surface area contributed by atoms with Crippen LogP contribution in [0.15, 0.2) is 12.2 Å². The Labute approximate surface area is 157 Å². The molecule has 0 aromatic carbocycles. The summed E-state index contributed by atoms with van der Waals surface area (Å²) in [5.41, 5.74) is 1.95. The number of fused-ring (bicyclic) bond motifs is 8. The Balaban J connectivity index is 1.61. The van der Waals surface area contributed by atoms with Crippen molar-refractivity contribution in [3.8, 4) is 0 Å². The quantitative estimate of drug-likeness (QED) is 0.578. The van der Waals surface area contributed by atoms with E-state index in [1.807, 2.05) is 0 Å². The SMILES string of the molecule is C=C1CCC2C3C4OC(C)(C)OC4C4CC(=O)CCC4(C)C3CCC12C. The highest BCUT2D eigenvalue weighted by Crippen LogP contribution is 2.68. The van der Waals surface area contributed by atoms with Gasteiger partial charge in [-0.1, -0.05) is 26.0 Å². The maximum absolute atomic E-state index is 12.3. The number of Topliss-reactive ketones (excluding diaryl/α,β-unsaturated/α-hetero) is 1. The lowest BCUT2D eigenvalue weighted by atomic mass is 9.44. The van der Waals surface area contributed by atoms with Crippen molar-refractivity contribution in [2.45, 2.75) is 90.6 Å². The fraction of sp³-hybridized carbons (Fsp3) is 0.870. The molecule has 0 N–H and O–H groups in total. The fourth-order valence-corrected chi connectivity index (χ4v) is 7.88. The van der Waals surface area contributed by atoms with Crippen molar-refractivity contribution in [3.63, 3.8) is 0 Å². The van der Waals surface area contributed by atoms with E-state index in [0.29, 0.717) is 35.9 Å². The Hall–Kier alpha value is -0.670. The van der Waals surface area contributed by atoms with Gasteiger partial charge >= 0.3 is 0 Å². The van der Waals surface area contributed by atoms with E-state index in [-0.39, 0.29) is 23.0 Å². The fourth-order valence-electron chi connectivity index (χ4n) is 7.88. The zero-order chi connectivity index (χ0) is 18.5. The number of hydrogen-bond acceptors (Lipinski definition) is 3. The highest BCUT2D eigenvalue weighted by Gasteiger charge is 2.67. The van der Waals surface area contributed by atoms with Crippen molar-refractivity contribution in [1.82, 2.24) is 0 Å². The lowest BCUT2D eigenvalue weighted by molar-refractivity contribution is -0.175. The van der Waals surface area contributed by atoms with Gasteiger partial charge in [-0.05, 0) is 74.5 Å². The van der Waals surface area contributed by atoms with Crippen LogP contribution in [0.3, 0.4) is 0 Å². The molecular weight excluding hydrogens is 324 g/mol. The van der Waals surface area contributed by atoms with Crippen LogP contribution in [0.4, 0.5) is 0 Å². The molecule has 5 fully saturated rings. The zero-order valence-electron chi connectivity index (χ0n) is 16.8. The van der Waals surface area contributed by atoms with Crippen LogP contribution in [0.2, 0.25) is 0 Å². The summed E-state index contributed by atoms with van der Waals surface area (Å²) >= 11 is 0. The Kier molecular flexibility index (Phi) is 3.50. The molecule has 1 heterocycles. The van der Waals surface area contributed by atoms with Crippen molar-refractivity contribution in [1.29, 1.82) is 0 Å². The molecule has 144 valence electrons. The molecule has 8 unspecified atom stereocenters. The first-order valence-corrected chi connectivity index (χ1v) is 10.7. The van der Waals surface area contributed by atoms with E-state index in [9.17, 15) is 4.79 Å². The standard InChI is InChI=1S/C23H34O3/c1-13-6-7-15-18-16(9-11-22(13,15)4)23(5)10-8-14(24)12-17(23)19-20(18)26-21(2,3)25-19/h15-20H,1,6-12H2,2-5H3. The van der Waals surface area contributed by atoms with Gasteiger partial charge in [-0.15, -0.1) is 0 Å². The van der Waals surface area contributed by atoms with Gasteiger partial charge in [-0.25, -0.2) is 0 Å². The van der Waals surface area contributed by atoms with Crippen molar-refractivity contribution in [3.05, 3.63) is 12.2 Å². The van der Waals surface area contributed by atoms with Crippen molar-refractivity contribution in [2.24, 2.45) is 34.5 Å². The minimum absolute atomic E-state index is 0.0803. The van der Waals surface area contributed by atoms with Crippen LogP contribution in [-0.4, -0.2) is 23.8 Å². The third-order valence-corrected chi connectivity index (χ3v) is 9.31. The predicted molar refractivity (Wildman–Crippen MR) is 100 cm³/mol. The minimum Gasteiger partial charge on any atom is -0.344 e. The average molecular weight is 359 g/mol. The number of ketones is 1. The summed E-state index contributed by atoms with van der Waals surface area (Å²) < 4.78 is 13.1. The van der Waals surface area contributed by atoms with Gasteiger partial charge in [0.25, 0.3) is 0 Å². The molecule has 1 saturated heterocycles. The van der Waals surface area contributed by atoms with Gasteiger partial charge < -0.3 is 9.47 Å². The highest BCUT2D eigenvalue weighted by molar-refractivity contribution is 5.79. The summed E-state index contributed by atoms with van der Waals surface area (Å²) in [6, 6.07) is 0. The highest BCUT2D eigenvalue weighted by atomic mass is 16.8. The summed E-state index contributed by atoms with van der Waals surface area (Å²) in [5, 5.41) is 0. The monoisotopic (exact) mass is 358 g/mol. The number of carbonyl (C=O) groups is 1. The van der Waals surface area contributed by atoms with E-state index in [4.69, 9.17) is 9.47 Å². The molecule has 5 aliphatic rings. The smallest absolute Gasteiger partial charge is 0.163 e. The third kappa shape index (κ3) is 2.11. The largest absolute Gasteiger partial charge is 0.344 e. The molecule has 0 aromatic heterocycles. The molecule has 0 aromatic rings. The van der Waals surface area contributed by atoms with Gasteiger partial charge in [0, 0.05) is 18.8 Å². The molecule has 1 aliphatic heterocycles. The van der Waals surface area contributed by atoms with Crippen LogP contribution < -0.4 is 0 Å². The van der Waals surface area contributed by atoms with E-state index in [1.54, 1.807) is 0 Å². The van der Waals surface area contributed by atoms with E-state index in [1.165, 1.54) is 31.3 Å². The lowest BCUT2D eigenvalue weighted by Gasteiger charge is -2.62. The molecule has 0 radical (unpaired) electrons. The van der Waals surface area contributed by atoms with Gasteiger partial charge in [-0.2, -0.15) is 0 Å². The molecule has 3 heteroatoms.